The second kappa shape index (κ2) is 6.83. The zero-order valence-corrected chi connectivity index (χ0v) is 10.0. The number of hydrogen-bond acceptors (Lipinski definition) is 2. The molecule has 0 heterocycles. The van der Waals surface area contributed by atoms with Crippen LogP contribution in [0.4, 0.5) is 0 Å². The van der Waals surface area contributed by atoms with Crippen LogP contribution in [0.25, 0.3) is 0 Å². The van der Waals surface area contributed by atoms with Gasteiger partial charge in [0, 0.05) is 20.0 Å². The van der Waals surface area contributed by atoms with Crippen molar-refractivity contribution in [1.82, 2.24) is 10.6 Å². The van der Waals surface area contributed by atoms with Gasteiger partial charge in [0.05, 0.1) is 0 Å². The molecular formula is C12H24N2O. The number of carbonyl (C=O) groups is 1. The van der Waals surface area contributed by atoms with Crippen molar-refractivity contribution in [1.29, 1.82) is 0 Å². The molecule has 1 fully saturated rings. The van der Waals surface area contributed by atoms with E-state index in [1.807, 2.05) is 0 Å². The minimum absolute atomic E-state index is 0.0586. The molecule has 0 atom stereocenters. The summed E-state index contributed by atoms with van der Waals surface area (Å²) < 4.78 is 0. The first-order valence-corrected chi connectivity index (χ1v) is 6.13. The molecule has 3 nitrogen and oxygen atoms in total. The molecule has 1 aliphatic carbocycles. The molecule has 0 bridgehead atoms. The van der Waals surface area contributed by atoms with Crippen molar-refractivity contribution in [2.45, 2.75) is 39.5 Å². The highest BCUT2D eigenvalue weighted by molar-refractivity contribution is 5.72. The van der Waals surface area contributed by atoms with Crippen LogP contribution in [0, 0.1) is 11.8 Å². The summed E-state index contributed by atoms with van der Waals surface area (Å²) in [6, 6.07) is 0. The van der Waals surface area contributed by atoms with Gasteiger partial charge in [0.2, 0.25) is 5.91 Å². The molecule has 0 saturated heterocycles. The number of amides is 1. The van der Waals surface area contributed by atoms with E-state index in [-0.39, 0.29) is 5.91 Å². The predicted octanol–water partition coefficient (Wildman–Crippen LogP) is 1.54. The van der Waals surface area contributed by atoms with Crippen LogP contribution in [-0.4, -0.2) is 25.5 Å². The summed E-state index contributed by atoms with van der Waals surface area (Å²) in [5.41, 5.74) is 0. The van der Waals surface area contributed by atoms with Crippen molar-refractivity contribution in [3.63, 3.8) is 0 Å². The normalized spacial score (nSPS) is 26.3. The Kier molecular flexibility index (Phi) is 5.69. The maximum absolute atomic E-state index is 10.6. The number of hydrogen-bond donors (Lipinski definition) is 2. The third-order valence-corrected chi connectivity index (χ3v) is 3.24. The largest absolute Gasteiger partial charge is 0.355 e. The molecule has 88 valence electrons. The van der Waals surface area contributed by atoms with Crippen molar-refractivity contribution < 1.29 is 4.79 Å². The number of nitrogens with one attached hydrogen (secondary N) is 2. The lowest BCUT2D eigenvalue weighted by molar-refractivity contribution is -0.118. The summed E-state index contributed by atoms with van der Waals surface area (Å²) in [4.78, 5) is 10.6. The lowest BCUT2D eigenvalue weighted by Gasteiger charge is -2.26. The van der Waals surface area contributed by atoms with Crippen molar-refractivity contribution in [3.05, 3.63) is 0 Å². The predicted molar refractivity (Wildman–Crippen MR) is 62.7 cm³/mol. The van der Waals surface area contributed by atoms with Gasteiger partial charge >= 0.3 is 0 Å². The van der Waals surface area contributed by atoms with Gasteiger partial charge in [-0.05, 0) is 31.2 Å². The molecule has 1 saturated carbocycles. The molecule has 0 unspecified atom stereocenters. The van der Waals surface area contributed by atoms with Gasteiger partial charge in [-0.3, -0.25) is 4.79 Å². The van der Waals surface area contributed by atoms with E-state index in [4.69, 9.17) is 0 Å². The van der Waals surface area contributed by atoms with Crippen molar-refractivity contribution in [3.8, 4) is 0 Å². The first kappa shape index (κ1) is 12.5. The summed E-state index contributed by atoms with van der Waals surface area (Å²) in [6.07, 6.45) is 5.51. The van der Waals surface area contributed by atoms with Crippen molar-refractivity contribution in [2.75, 3.05) is 19.6 Å². The lowest BCUT2D eigenvalue weighted by atomic mass is 9.83. The van der Waals surface area contributed by atoms with E-state index in [2.05, 4.69) is 17.6 Å². The van der Waals surface area contributed by atoms with Crippen LogP contribution in [0.1, 0.15) is 39.5 Å². The average molecular weight is 212 g/mol. The molecular weight excluding hydrogens is 188 g/mol. The summed E-state index contributed by atoms with van der Waals surface area (Å²) in [6.45, 7) is 6.67. The highest BCUT2D eigenvalue weighted by Gasteiger charge is 2.17. The second-order valence-electron chi connectivity index (χ2n) is 4.81. The van der Waals surface area contributed by atoms with E-state index < -0.39 is 0 Å². The second-order valence-corrected chi connectivity index (χ2v) is 4.81. The molecule has 3 heteroatoms. The van der Waals surface area contributed by atoms with E-state index in [9.17, 15) is 4.79 Å². The van der Waals surface area contributed by atoms with Crippen LogP contribution in [0.2, 0.25) is 0 Å². The molecule has 0 aromatic rings. The van der Waals surface area contributed by atoms with Crippen LogP contribution in [0.15, 0.2) is 0 Å². The average Bonchev–Trinajstić information content (AvgIpc) is 2.20. The fourth-order valence-corrected chi connectivity index (χ4v) is 2.17. The van der Waals surface area contributed by atoms with Crippen LogP contribution in [0.3, 0.4) is 0 Å². The summed E-state index contributed by atoms with van der Waals surface area (Å²) in [7, 11) is 0. The van der Waals surface area contributed by atoms with Gasteiger partial charge in [0.25, 0.3) is 0 Å². The number of rotatable bonds is 5. The monoisotopic (exact) mass is 212 g/mol. The maximum atomic E-state index is 10.6. The highest BCUT2D eigenvalue weighted by Crippen LogP contribution is 2.27. The molecule has 0 aromatic carbocycles. The van der Waals surface area contributed by atoms with Gasteiger partial charge in [0.1, 0.15) is 0 Å². The smallest absolute Gasteiger partial charge is 0.216 e. The molecule has 0 aromatic heterocycles. The summed E-state index contributed by atoms with van der Waals surface area (Å²) in [5.74, 6) is 1.85. The molecule has 0 aliphatic heterocycles. The van der Waals surface area contributed by atoms with Gasteiger partial charge in [-0.15, -0.1) is 0 Å². The summed E-state index contributed by atoms with van der Waals surface area (Å²) >= 11 is 0. The minimum atomic E-state index is 0.0586. The Hall–Kier alpha value is -0.570. The fourth-order valence-electron chi connectivity index (χ4n) is 2.17. The summed E-state index contributed by atoms with van der Waals surface area (Å²) in [5, 5.41) is 6.20. The minimum Gasteiger partial charge on any atom is -0.355 e. The van der Waals surface area contributed by atoms with E-state index >= 15 is 0 Å². The maximum Gasteiger partial charge on any atom is 0.216 e. The Morgan fingerprint density at radius 3 is 2.47 bits per heavy atom. The molecule has 0 radical (unpaired) electrons. The first-order valence-electron chi connectivity index (χ1n) is 6.13. The molecule has 15 heavy (non-hydrogen) atoms. The Balaban J connectivity index is 1.94. The Morgan fingerprint density at radius 1 is 1.20 bits per heavy atom. The third kappa shape index (κ3) is 5.78. The first-order chi connectivity index (χ1) is 7.18. The standard InChI is InChI=1S/C12H24N2O/c1-10-3-5-12(6-4-10)9-13-7-8-14-11(2)15/h10,12-13H,3-9H2,1-2H3,(H,14,15). The lowest BCUT2D eigenvalue weighted by Crippen LogP contribution is -2.33. The number of carbonyl (C=O) groups excluding carboxylic acids is 1. The zero-order valence-electron chi connectivity index (χ0n) is 10.0. The van der Waals surface area contributed by atoms with Gasteiger partial charge in [0.15, 0.2) is 0 Å². The van der Waals surface area contributed by atoms with Crippen LogP contribution < -0.4 is 10.6 Å². The van der Waals surface area contributed by atoms with Gasteiger partial charge in [-0.25, -0.2) is 0 Å². The van der Waals surface area contributed by atoms with Crippen LogP contribution in [0.5, 0.6) is 0 Å². The molecule has 2 N–H and O–H groups in total. The van der Waals surface area contributed by atoms with E-state index in [0.29, 0.717) is 0 Å². The molecule has 1 aliphatic rings. The van der Waals surface area contributed by atoms with Crippen molar-refractivity contribution in [2.24, 2.45) is 11.8 Å². The van der Waals surface area contributed by atoms with Crippen LogP contribution in [-0.2, 0) is 4.79 Å². The van der Waals surface area contributed by atoms with Crippen LogP contribution >= 0.6 is 0 Å². The molecule has 1 amide bonds. The molecule has 1 rings (SSSR count). The van der Waals surface area contributed by atoms with E-state index in [0.717, 1.165) is 31.5 Å². The van der Waals surface area contributed by atoms with Crippen molar-refractivity contribution >= 4 is 5.91 Å². The Morgan fingerprint density at radius 2 is 1.87 bits per heavy atom. The SMILES string of the molecule is CC(=O)NCCNCC1CCC(C)CC1. The van der Waals surface area contributed by atoms with Gasteiger partial charge < -0.3 is 10.6 Å². The van der Waals surface area contributed by atoms with Gasteiger partial charge in [-0.1, -0.05) is 19.8 Å². The topological polar surface area (TPSA) is 41.1 Å². The Bertz CT molecular complexity index is 186. The third-order valence-electron chi connectivity index (χ3n) is 3.24. The van der Waals surface area contributed by atoms with E-state index in [1.165, 1.54) is 25.7 Å². The zero-order chi connectivity index (χ0) is 11.1. The van der Waals surface area contributed by atoms with Gasteiger partial charge in [-0.2, -0.15) is 0 Å². The fraction of sp³-hybridized carbons (Fsp3) is 0.917. The Labute approximate surface area is 93.0 Å². The van der Waals surface area contributed by atoms with E-state index in [1.54, 1.807) is 6.92 Å². The quantitative estimate of drug-likeness (QED) is 0.679. The highest BCUT2D eigenvalue weighted by atomic mass is 16.1. The molecule has 0 spiro atoms.